The van der Waals surface area contributed by atoms with Gasteiger partial charge in [-0.25, -0.2) is 0 Å². The number of fused-ring (bicyclic) bond motifs is 1. The summed E-state index contributed by atoms with van der Waals surface area (Å²) in [6, 6.07) is 25.4. The van der Waals surface area contributed by atoms with Gasteiger partial charge in [0.1, 0.15) is 0 Å². The lowest BCUT2D eigenvalue weighted by molar-refractivity contribution is 0.103. The van der Waals surface area contributed by atoms with Crippen LogP contribution in [0, 0.1) is 0 Å². The molecule has 0 bridgehead atoms. The summed E-state index contributed by atoms with van der Waals surface area (Å²) in [5.41, 5.74) is 3.70. The van der Waals surface area contributed by atoms with Crippen LogP contribution in [0.25, 0.3) is 6.08 Å². The van der Waals surface area contributed by atoms with Crippen molar-refractivity contribution in [2.45, 2.75) is 10.1 Å². The van der Waals surface area contributed by atoms with Crippen molar-refractivity contribution >= 4 is 35.2 Å². The zero-order valence-electron chi connectivity index (χ0n) is 13.4. The molecule has 0 aliphatic carbocycles. The molecule has 3 aromatic carbocycles. The SMILES string of the molecule is O=C(C1=Cc2ccccc2SC1c1ccc(Cl)cc1)c1ccccc1. The van der Waals surface area contributed by atoms with Crippen LogP contribution in [-0.2, 0) is 0 Å². The molecule has 1 atom stereocenters. The highest BCUT2D eigenvalue weighted by Crippen LogP contribution is 2.47. The van der Waals surface area contributed by atoms with Gasteiger partial charge >= 0.3 is 0 Å². The van der Waals surface area contributed by atoms with Gasteiger partial charge in [0, 0.05) is 21.1 Å². The normalized spacial score (nSPS) is 16.0. The van der Waals surface area contributed by atoms with E-state index in [2.05, 4.69) is 12.1 Å². The van der Waals surface area contributed by atoms with Crippen LogP contribution in [0.1, 0.15) is 26.7 Å². The Hall–Kier alpha value is -2.29. The van der Waals surface area contributed by atoms with Crippen molar-refractivity contribution in [1.82, 2.24) is 0 Å². The van der Waals surface area contributed by atoms with Crippen molar-refractivity contribution in [2.24, 2.45) is 0 Å². The molecule has 0 aromatic heterocycles. The van der Waals surface area contributed by atoms with E-state index in [0.717, 1.165) is 16.7 Å². The Kier molecular flexibility index (Phi) is 4.48. The van der Waals surface area contributed by atoms with E-state index in [1.165, 1.54) is 4.90 Å². The second-order valence-electron chi connectivity index (χ2n) is 5.88. The van der Waals surface area contributed by atoms with E-state index in [4.69, 9.17) is 11.6 Å². The lowest BCUT2D eigenvalue weighted by atomic mass is 9.94. The Morgan fingerprint density at radius 3 is 2.28 bits per heavy atom. The van der Waals surface area contributed by atoms with Gasteiger partial charge in [-0.3, -0.25) is 4.79 Å². The molecule has 1 heterocycles. The second kappa shape index (κ2) is 6.91. The standard InChI is InChI=1S/C22H15ClOS/c23-18-12-10-16(11-13-18)22-19(21(24)15-6-2-1-3-7-15)14-17-8-4-5-9-20(17)25-22/h1-14,22H. The monoisotopic (exact) mass is 362 g/mol. The maximum absolute atomic E-state index is 13.2. The zero-order chi connectivity index (χ0) is 17.2. The predicted octanol–water partition coefficient (Wildman–Crippen LogP) is 6.45. The largest absolute Gasteiger partial charge is 0.289 e. The Balaban J connectivity index is 1.82. The van der Waals surface area contributed by atoms with E-state index in [-0.39, 0.29) is 11.0 Å². The van der Waals surface area contributed by atoms with Crippen molar-refractivity contribution in [3.05, 3.63) is 106 Å². The minimum absolute atomic E-state index is 0.0418. The second-order valence-corrected chi connectivity index (χ2v) is 7.47. The summed E-state index contributed by atoms with van der Waals surface area (Å²) in [5, 5.41) is 0.657. The van der Waals surface area contributed by atoms with Crippen LogP contribution >= 0.6 is 23.4 Å². The highest BCUT2D eigenvalue weighted by molar-refractivity contribution is 8.00. The van der Waals surface area contributed by atoms with Gasteiger partial charge in [-0.1, -0.05) is 72.3 Å². The molecule has 1 nitrogen and oxygen atoms in total. The summed E-state index contributed by atoms with van der Waals surface area (Å²) in [4.78, 5) is 14.3. The highest BCUT2D eigenvalue weighted by atomic mass is 35.5. The number of halogens is 1. The van der Waals surface area contributed by atoms with Gasteiger partial charge in [-0.15, -0.1) is 11.8 Å². The first-order chi connectivity index (χ1) is 12.2. The van der Waals surface area contributed by atoms with E-state index < -0.39 is 0 Å². The van der Waals surface area contributed by atoms with E-state index in [9.17, 15) is 4.79 Å². The minimum atomic E-state index is -0.0418. The fraction of sp³-hybridized carbons (Fsp3) is 0.0455. The molecule has 0 radical (unpaired) electrons. The van der Waals surface area contributed by atoms with E-state index >= 15 is 0 Å². The van der Waals surface area contributed by atoms with Gasteiger partial charge in [0.15, 0.2) is 5.78 Å². The van der Waals surface area contributed by atoms with Crippen LogP contribution in [0.5, 0.6) is 0 Å². The molecule has 0 saturated heterocycles. The molecular weight excluding hydrogens is 348 g/mol. The van der Waals surface area contributed by atoms with Gasteiger partial charge in [0.05, 0.1) is 5.25 Å². The Morgan fingerprint density at radius 1 is 0.840 bits per heavy atom. The predicted molar refractivity (Wildman–Crippen MR) is 105 cm³/mol. The molecule has 25 heavy (non-hydrogen) atoms. The summed E-state index contributed by atoms with van der Waals surface area (Å²) in [6.45, 7) is 0. The maximum Gasteiger partial charge on any atom is 0.190 e. The number of ketones is 1. The van der Waals surface area contributed by atoms with Crippen molar-refractivity contribution in [2.75, 3.05) is 0 Å². The topological polar surface area (TPSA) is 17.1 Å². The number of carbonyl (C=O) groups excluding carboxylic acids is 1. The van der Waals surface area contributed by atoms with Crippen LogP contribution in [0.15, 0.2) is 89.3 Å². The smallest absolute Gasteiger partial charge is 0.190 e. The number of rotatable bonds is 3. The average molecular weight is 363 g/mol. The van der Waals surface area contributed by atoms with Crippen LogP contribution in [0.4, 0.5) is 0 Å². The lowest BCUT2D eigenvalue weighted by Gasteiger charge is -2.25. The Morgan fingerprint density at radius 2 is 1.52 bits per heavy atom. The quantitative estimate of drug-likeness (QED) is 0.498. The number of benzene rings is 3. The summed E-state index contributed by atoms with van der Waals surface area (Å²) >= 11 is 7.75. The van der Waals surface area contributed by atoms with Crippen molar-refractivity contribution in [3.63, 3.8) is 0 Å². The molecule has 3 aromatic rings. The van der Waals surface area contributed by atoms with Crippen LogP contribution < -0.4 is 0 Å². The minimum Gasteiger partial charge on any atom is -0.289 e. The summed E-state index contributed by atoms with van der Waals surface area (Å²) in [5.74, 6) is 0.0718. The molecule has 4 rings (SSSR count). The third-order valence-corrected chi connectivity index (χ3v) is 5.87. The van der Waals surface area contributed by atoms with Gasteiger partial charge in [-0.2, -0.15) is 0 Å². The molecule has 1 unspecified atom stereocenters. The first kappa shape index (κ1) is 16.2. The number of thioether (sulfide) groups is 1. The first-order valence-electron chi connectivity index (χ1n) is 8.05. The maximum atomic E-state index is 13.2. The third kappa shape index (κ3) is 3.28. The zero-order valence-corrected chi connectivity index (χ0v) is 14.9. The van der Waals surface area contributed by atoms with Crippen LogP contribution in [0.2, 0.25) is 5.02 Å². The number of hydrogen-bond acceptors (Lipinski definition) is 2. The first-order valence-corrected chi connectivity index (χ1v) is 9.30. The highest BCUT2D eigenvalue weighted by Gasteiger charge is 2.28. The van der Waals surface area contributed by atoms with Gasteiger partial charge in [0.2, 0.25) is 0 Å². The molecule has 0 saturated carbocycles. The van der Waals surface area contributed by atoms with Gasteiger partial charge < -0.3 is 0 Å². The van der Waals surface area contributed by atoms with Crippen molar-refractivity contribution < 1.29 is 4.79 Å². The Bertz CT molecular complexity index is 945. The molecule has 0 fully saturated rings. The number of carbonyl (C=O) groups is 1. The van der Waals surface area contributed by atoms with Crippen LogP contribution in [-0.4, -0.2) is 5.78 Å². The fourth-order valence-electron chi connectivity index (χ4n) is 2.97. The van der Waals surface area contributed by atoms with Gasteiger partial charge in [0.25, 0.3) is 0 Å². The van der Waals surface area contributed by atoms with Crippen LogP contribution in [0.3, 0.4) is 0 Å². The average Bonchev–Trinajstić information content (AvgIpc) is 2.68. The Labute approximate surface area is 156 Å². The number of hydrogen-bond donors (Lipinski definition) is 0. The summed E-state index contributed by atoms with van der Waals surface area (Å²) in [7, 11) is 0. The summed E-state index contributed by atoms with van der Waals surface area (Å²) < 4.78 is 0. The molecule has 0 spiro atoms. The summed E-state index contributed by atoms with van der Waals surface area (Å²) in [6.07, 6.45) is 2.03. The molecule has 122 valence electrons. The third-order valence-electron chi connectivity index (χ3n) is 4.23. The van der Waals surface area contributed by atoms with Gasteiger partial charge in [-0.05, 0) is 35.4 Å². The molecular formula is C22H15ClOS. The van der Waals surface area contributed by atoms with Crippen molar-refractivity contribution in [1.29, 1.82) is 0 Å². The lowest BCUT2D eigenvalue weighted by Crippen LogP contribution is -2.13. The molecule has 1 aliphatic rings. The molecule has 0 amide bonds. The molecule has 3 heteroatoms. The van der Waals surface area contributed by atoms with E-state index in [1.54, 1.807) is 11.8 Å². The van der Waals surface area contributed by atoms with E-state index in [1.807, 2.05) is 72.8 Å². The van der Waals surface area contributed by atoms with Crippen molar-refractivity contribution in [3.8, 4) is 0 Å². The fourth-order valence-corrected chi connectivity index (χ4v) is 4.36. The number of Topliss-reactive ketones (excluding diaryl/α,β-unsaturated/α-hetero) is 1. The van der Waals surface area contributed by atoms with E-state index in [0.29, 0.717) is 10.6 Å². The molecule has 1 aliphatic heterocycles. The molecule has 0 N–H and O–H groups in total.